The summed E-state index contributed by atoms with van der Waals surface area (Å²) in [5.74, 6) is -1.53. The predicted octanol–water partition coefficient (Wildman–Crippen LogP) is 3.32. The first kappa shape index (κ1) is 25.0. The molecule has 12 heteroatoms. The van der Waals surface area contributed by atoms with E-state index in [-0.39, 0.29) is 18.1 Å². The van der Waals surface area contributed by atoms with E-state index >= 15 is 0 Å². The number of hydrogen-bond acceptors (Lipinski definition) is 6. The molecule has 2 heterocycles. The molecule has 1 fully saturated rings. The summed E-state index contributed by atoms with van der Waals surface area (Å²) in [6.07, 6.45) is 1.26. The van der Waals surface area contributed by atoms with Gasteiger partial charge in [0, 0.05) is 25.7 Å². The lowest BCUT2D eigenvalue weighted by Crippen LogP contribution is -2.38. The van der Waals surface area contributed by atoms with Gasteiger partial charge in [0.25, 0.3) is 11.5 Å². The van der Waals surface area contributed by atoms with Gasteiger partial charge in [0.2, 0.25) is 15.8 Å². The minimum atomic E-state index is -3.54. The molecule has 3 aromatic rings. The Bertz CT molecular complexity index is 1470. The van der Waals surface area contributed by atoms with Gasteiger partial charge >= 0.3 is 0 Å². The van der Waals surface area contributed by atoms with Crippen LogP contribution in [0.4, 0.5) is 5.69 Å². The fourth-order valence-electron chi connectivity index (χ4n) is 3.84. The monoisotopic (exact) mass is 536 g/mol. The first-order valence-corrected chi connectivity index (χ1v) is 13.1. The molecule has 2 aromatic carbocycles. The van der Waals surface area contributed by atoms with Crippen LogP contribution >= 0.6 is 23.2 Å². The number of aromatic nitrogens is 2. The van der Waals surface area contributed by atoms with E-state index in [2.05, 4.69) is 10.3 Å². The number of carbonyl (C=O) groups excluding carboxylic acids is 1. The Morgan fingerprint density at radius 2 is 1.89 bits per heavy atom. The average molecular weight is 537 g/mol. The number of sulfonamides is 1. The number of para-hydroxylation sites is 1. The van der Waals surface area contributed by atoms with Crippen molar-refractivity contribution in [2.45, 2.75) is 19.4 Å². The maximum absolute atomic E-state index is 12.9. The van der Waals surface area contributed by atoms with E-state index in [0.717, 1.165) is 4.57 Å². The Hall–Kier alpha value is -3.08. The van der Waals surface area contributed by atoms with Crippen LogP contribution < -0.4 is 15.2 Å². The lowest BCUT2D eigenvalue weighted by Gasteiger charge is -2.30. The molecular weight excluding hydrogens is 515 g/mol. The molecule has 184 valence electrons. The topological polar surface area (TPSA) is 122 Å². The zero-order valence-corrected chi connectivity index (χ0v) is 21.0. The molecule has 0 bridgehead atoms. The lowest BCUT2D eigenvalue weighted by atomic mass is 10.1. The van der Waals surface area contributed by atoms with Crippen molar-refractivity contribution in [3.63, 3.8) is 0 Å². The zero-order valence-electron chi connectivity index (χ0n) is 18.7. The second-order valence-electron chi connectivity index (χ2n) is 8.04. The Kier molecular flexibility index (Phi) is 7.07. The molecule has 4 rings (SSSR count). The standard InChI is InChI=1S/C23H22Cl2N4O5S/c1-28-21(15-6-2-3-7-18(15)29-10-4-5-11-35(29,33)34)27-19(20(30)23(28)32)22(31)26-13-14-8-9-16(24)17(25)12-14/h2-3,6-9,12,30H,4-5,10-11,13H2,1H3,(H,26,31). The third-order valence-electron chi connectivity index (χ3n) is 5.68. The van der Waals surface area contributed by atoms with Crippen LogP contribution in [0.1, 0.15) is 28.9 Å². The summed E-state index contributed by atoms with van der Waals surface area (Å²) in [7, 11) is -2.15. The number of carbonyl (C=O) groups is 1. The van der Waals surface area contributed by atoms with Crippen molar-refractivity contribution >= 4 is 44.8 Å². The van der Waals surface area contributed by atoms with Crippen molar-refractivity contribution in [3.8, 4) is 17.1 Å². The minimum absolute atomic E-state index is 0.0195. The second-order valence-corrected chi connectivity index (χ2v) is 10.9. The largest absolute Gasteiger partial charge is 0.501 e. The van der Waals surface area contributed by atoms with Crippen LogP contribution in [0.3, 0.4) is 0 Å². The van der Waals surface area contributed by atoms with Gasteiger partial charge in [-0.25, -0.2) is 13.4 Å². The molecule has 0 spiro atoms. The molecule has 1 aliphatic heterocycles. The zero-order chi connectivity index (χ0) is 25.3. The highest BCUT2D eigenvalue weighted by Gasteiger charge is 2.29. The molecule has 0 saturated carbocycles. The van der Waals surface area contributed by atoms with Crippen LogP contribution in [-0.2, 0) is 23.6 Å². The van der Waals surface area contributed by atoms with Crippen LogP contribution in [0.5, 0.6) is 5.75 Å². The van der Waals surface area contributed by atoms with Gasteiger partial charge in [-0.1, -0.05) is 41.4 Å². The van der Waals surface area contributed by atoms with Crippen molar-refractivity contribution in [1.29, 1.82) is 0 Å². The smallest absolute Gasteiger partial charge is 0.296 e. The van der Waals surface area contributed by atoms with Gasteiger partial charge in [0.15, 0.2) is 5.69 Å². The van der Waals surface area contributed by atoms with Crippen LogP contribution in [-0.4, -0.2) is 41.3 Å². The number of nitrogens with one attached hydrogen (secondary N) is 1. The SMILES string of the molecule is Cn1c(-c2ccccc2N2CCCCS2(=O)=O)nc(C(=O)NCc2ccc(Cl)c(Cl)c2)c(O)c1=O. The second kappa shape index (κ2) is 9.88. The lowest BCUT2D eigenvalue weighted by molar-refractivity contribution is 0.0942. The summed E-state index contributed by atoms with van der Waals surface area (Å²) in [5, 5.41) is 13.7. The Balaban J connectivity index is 1.73. The van der Waals surface area contributed by atoms with E-state index in [4.69, 9.17) is 23.2 Å². The van der Waals surface area contributed by atoms with Crippen molar-refractivity contribution in [2.75, 3.05) is 16.6 Å². The molecule has 2 N–H and O–H groups in total. The van der Waals surface area contributed by atoms with E-state index in [0.29, 0.717) is 46.2 Å². The van der Waals surface area contributed by atoms with Gasteiger partial charge in [-0.05, 0) is 42.7 Å². The molecule has 0 radical (unpaired) electrons. The van der Waals surface area contributed by atoms with Gasteiger partial charge in [-0.2, -0.15) is 0 Å². The number of hydrogen-bond donors (Lipinski definition) is 2. The summed E-state index contributed by atoms with van der Waals surface area (Å²) in [5.41, 5.74) is 0.0288. The fraction of sp³-hybridized carbons (Fsp3) is 0.261. The number of rotatable bonds is 5. The quantitative estimate of drug-likeness (QED) is 0.515. The van der Waals surface area contributed by atoms with E-state index in [1.54, 1.807) is 42.5 Å². The van der Waals surface area contributed by atoms with Crippen molar-refractivity contribution < 1.29 is 18.3 Å². The number of anilines is 1. The van der Waals surface area contributed by atoms with Gasteiger partial charge in [-0.3, -0.25) is 18.5 Å². The molecule has 35 heavy (non-hydrogen) atoms. The number of benzene rings is 2. The molecule has 1 aliphatic rings. The summed E-state index contributed by atoms with van der Waals surface area (Å²) in [6.45, 7) is 0.340. The van der Waals surface area contributed by atoms with Gasteiger partial charge in [-0.15, -0.1) is 0 Å². The van der Waals surface area contributed by atoms with Gasteiger partial charge in [0.1, 0.15) is 5.82 Å². The van der Waals surface area contributed by atoms with E-state index in [1.165, 1.54) is 11.4 Å². The third kappa shape index (κ3) is 5.00. The molecule has 0 atom stereocenters. The van der Waals surface area contributed by atoms with E-state index in [9.17, 15) is 23.1 Å². The Morgan fingerprint density at radius 1 is 1.14 bits per heavy atom. The van der Waals surface area contributed by atoms with E-state index in [1.807, 2.05) is 0 Å². The molecular formula is C23H22Cl2N4O5S. The predicted molar refractivity (Wildman–Crippen MR) is 135 cm³/mol. The molecule has 1 amide bonds. The summed E-state index contributed by atoms with van der Waals surface area (Å²) >= 11 is 11.9. The fourth-order valence-corrected chi connectivity index (χ4v) is 5.82. The van der Waals surface area contributed by atoms with Crippen molar-refractivity contribution in [1.82, 2.24) is 14.9 Å². The van der Waals surface area contributed by atoms with Gasteiger partial charge in [0.05, 0.1) is 21.5 Å². The van der Waals surface area contributed by atoms with Gasteiger partial charge < -0.3 is 10.4 Å². The summed E-state index contributed by atoms with van der Waals surface area (Å²) < 4.78 is 27.8. The number of nitrogens with zero attached hydrogens (tertiary/aromatic N) is 3. The highest BCUT2D eigenvalue weighted by atomic mass is 35.5. The first-order valence-electron chi connectivity index (χ1n) is 10.7. The van der Waals surface area contributed by atoms with Crippen LogP contribution in [0, 0.1) is 0 Å². The Morgan fingerprint density at radius 3 is 2.60 bits per heavy atom. The number of halogens is 2. The normalized spacial score (nSPS) is 15.1. The van der Waals surface area contributed by atoms with Crippen LogP contribution in [0.25, 0.3) is 11.4 Å². The molecule has 1 aromatic heterocycles. The highest BCUT2D eigenvalue weighted by molar-refractivity contribution is 7.92. The average Bonchev–Trinajstić information content (AvgIpc) is 2.83. The van der Waals surface area contributed by atoms with E-state index < -0.39 is 32.9 Å². The summed E-state index contributed by atoms with van der Waals surface area (Å²) in [6, 6.07) is 11.5. The van der Waals surface area contributed by atoms with Crippen LogP contribution in [0.15, 0.2) is 47.3 Å². The van der Waals surface area contributed by atoms with Crippen LogP contribution in [0.2, 0.25) is 10.0 Å². The Labute approximate surface area is 212 Å². The maximum Gasteiger partial charge on any atom is 0.296 e. The maximum atomic E-state index is 12.9. The highest BCUT2D eigenvalue weighted by Crippen LogP contribution is 2.33. The molecule has 9 nitrogen and oxygen atoms in total. The number of amides is 1. The number of aromatic hydroxyl groups is 1. The van der Waals surface area contributed by atoms with Crippen molar-refractivity contribution in [2.24, 2.45) is 7.05 Å². The molecule has 1 saturated heterocycles. The minimum Gasteiger partial charge on any atom is -0.501 e. The molecule has 0 unspecified atom stereocenters. The third-order valence-corrected chi connectivity index (χ3v) is 8.28. The first-order chi connectivity index (χ1) is 16.6. The molecule has 0 aliphatic carbocycles. The van der Waals surface area contributed by atoms with Crippen molar-refractivity contribution in [3.05, 3.63) is 74.1 Å². The summed E-state index contributed by atoms with van der Waals surface area (Å²) in [4.78, 5) is 30.0.